The molecule has 1 unspecified atom stereocenters. The molecule has 8 heteroatoms. The van der Waals surface area contributed by atoms with Crippen LogP contribution in [0.5, 0.6) is 0 Å². The normalized spacial score (nSPS) is 19.7. The van der Waals surface area contributed by atoms with Gasteiger partial charge in [0.25, 0.3) is 0 Å². The number of aliphatic hydroxyl groups is 1. The van der Waals surface area contributed by atoms with Crippen LogP contribution in [-0.4, -0.2) is 42.6 Å². The minimum absolute atomic E-state index is 0.00101. The molecule has 1 aliphatic heterocycles. The summed E-state index contributed by atoms with van der Waals surface area (Å²) in [6.07, 6.45) is 0. The first-order valence-electron chi connectivity index (χ1n) is 6.53. The fourth-order valence-corrected chi connectivity index (χ4v) is 5.95. The lowest BCUT2D eigenvalue weighted by Crippen LogP contribution is -2.33. The topological polar surface area (TPSA) is 66.4 Å². The fourth-order valence-electron chi connectivity index (χ4n) is 2.02. The van der Waals surface area contributed by atoms with Crippen molar-refractivity contribution in [2.24, 2.45) is 0 Å². The predicted octanol–water partition coefficient (Wildman–Crippen LogP) is 1.75. The van der Waals surface area contributed by atoms with E-state index in [2.05, 4.69) is 4.72 Å². The zero-order valence-electron chi connectivity index (χ0n) is 11.6. The lowest BCUT2D eigenvalue weighted by molar-refractivity contribution is 0.275. The van der Waals surface area contributed by atoms with E-state index in [1.807, 2.05) is 11.8 Å². The molecule has 1 aromatic rings. The van der Waals surface area contributed by atoms with Crippen LogP contribution in [0.25, 0.3) is 0 Å². The maximum atomic E-state index is 13.7. The third-order valence-electron chi connectivity index (χ3n) is 3.17. The van der Waals surface area contributed by atoms with E-state index in [4.69, 9.17) is 5.11 Å². The van der Waals surface area contributed by atoms with Crippen molar-refractivity contribution < 1.29 is 17.9 Å². The van der Waals surface area contributed by atoms with Crippen molar-refractivity contribution in [2.45, 2.75) is 23.7 Å². The van der Waals surface area contributed by atoms with Gasteiger partial charge < -0.3 is 5.11 Å². The summed E-state index contributed by atoms with van der Waals surface area (Å²) in [5.74, 6) is 2.50. The Balaban J connectivity index is 2.13. The maximum absolute atomic E-state index is 13.7. The molecule has 2 N–H and O–H groups in total. The molecule has 0 aromatic heterocycles. The Morgan fingerprint density at radius 1 is 1.43 bits per heavy atom. The number of benzene rings is 1. The van der Waals surface area contributed by atoms with Gasteiger partial charge in [-0.05, 0) is 24.6 Å². The average Bonchev–Trinajstić information content (AvgIpc) is 2.49. The van der Waals surface area contributed by atoms with E-state index in [0.717, 1.165) is 17.3 Å². The number of thioether (sulfide) groups is 2. The van der Waals surface area contributed by atoms with Crippen LogP contribution in [0.3, 0.4) is 0 Å². The Bertz CT molecular complexity index is 601. The van der Waals surface area contributed by atoms with Gasteiger partial charge in [0.1, 0.15) is 5.82 Å². The smallest absolute Gasteiger partial charge is 0.240 e. The van der Waals surface area contributed by atoms with Gasteiger partial charge in [-0.25, -0.2) is 17.5 Å². The van der Waals surface area contributed by atoms with Crippen LogP contribution in [0.1, 0.15) is 11.1 Å². The number of hydrogen-bond acceptors (Lipinski definition) is 5. The van der Waals surface area contributed by atoms with E-state index in [9.17, 15) is 12.8 Å². The summed E-state index contributed by atoms with van der Waals surface area (Å²) in [5, 5.41) is 9.37. The molecule has 0 radical (unpaired) electrons. The summed E-state index contributed by atoms with van der Waals surface area (Å²) in [7, 11) is -3.68. The Kier molecular flexibility index (Phi) is 5.96. The Labute approximate surface area is 132 Å². The van der Waals surface area contributed by atoms with Gasteiger partial charge in [-0.3, -0.25) is 0 Å². The molecule has 0 aliphatic carbocycles. The second-order valence-electron chi connectivity index (χ2n) is 4.79. The Morgan fingerprint density at radius 3 is 2.81 bits per heavy atom. The van der Waals surface area contributed by atoms with Crippen LogP contribution in [-0.2, 0) is 16.6 Å². The van der Waals surface area contributed by atoms with E-state index < -0.39 is 22.4 Å². The number of aryl methyl sites for hydroxylation is 1. The molecule has 1 fully saturated rings. The van der Waals surface area contributed by atoms with E-state index >= 15 is 0 Å². The minimum Gasteiger partial charge on any atom is -0.392 e. The molecule has 21 heavy (non-hydrogen) atoms. The average molecular weight is 351 g/mol. The van der Waals surface area contributed by atoms with E-state index in [1.54, 1.807) is 11.8 Å². The van der Waals surface area contributed by atoms with Crippen molar-refractivity contribution in [1.82, 2.24) is 4.72 Å². The maximum Gasteiger partial charge on any atom is 0.240 e. The number of hydrogen-bond donors (Lipinski definition) is 2. The summed E-state index contributed by atoms with van der Waals surface area (Å²) in [5.41, 5.74) is 0.211. The van der Waals surface area contributed by atoms with Gasteiger partial charge in [0.2, 0.25) is 10.0 Å². The van der Waals surface area contributed by atoms with Crippen LogP contribution >= 0.6 is 23.5 Å². The molecule has 2 rings (SSSR count). The van der Waals surface area contributed by atoms with E-state index in [1.165, 1.54) is 19.1 Å². The molecular weight excluding hydrogens is 333 g/mol. The molecule has 118 valence electrons. The van der Waals surface area contributed by atoms with Crippen LogP contribution in [0, 0.1) is 12.7 Å². The van der Waals surface area contributed by atoms with Crippen molar-refractivity contribution in [2.75, 3.05) is 23.8 Å². The van der Waals surface area contributed by atoms with Crippen molar-refractivity contribution in [3.05, 3.63) is 29.1 Å². The summed E-state index contributed by atoms with van der Waals surface area (Å²) in [4.78, 5) is -0.00101. The molecule has 1 heterocycles. The van der Waals surface area contributed by atoms with Crippen LogP contribution < -0.4 is 4.72 Å². The van der Waals surface area contributed by atoms with Crippen molar-refractivity contribution >= 4 is 33.5 Å². The number of aliphatic hydroxyl groups excluding tert-OH is 1. The first-order chi connectivity index (χ1) is 9.94. The molecule has 0 amide bonds. The van der Waals surface area contributed by atoms with Crippen molar-refractivity contribution in [1.29, 1.82) is 0 Å². The highest BCUT2D eigenvalue weighted by atomic mass is 32.2. The van der Waals surface area contributed by atoms with Gasteiger partial charge in [-0.2, -0.15) is 23.5 Å². The predicted molar refractivity (Wildman–Crippen MR) is 85.8 cm³/mol. The molecule has 0 bridgehead atoms. The first kappa shape index (κ1) is 17.1. The number of rotatable bonds is 5. The molecular formula is C13H18FNO3S3. The standard InChI is InChI=1S/C13H18FNO3S3/c1-9-4-12(5-10(7-16)13(9)14)21(17,18)15-6-11-8-19-2-3-20-11/h4-5,11,15-16H,2-3,6-8H2,1H3. The van der Waals surface area contributed by atoms with Crippen molar-refractivity contribution in [3.63, 3.8) is 0 Å². The van der Waals surface area contributed by atoms with Gasteiger partial charge >= 0.3 is 0 Å². The van der Waals surface area contributed by atoms with Gasteiger partial charge in [-0.15, -0.1) is 0 Å². The summed E-state index contributed by atoms with van der Waals surface area (Å²) < 4.78 is 40.8. The molecule has 4 nitrogen and oxygen atoms in total. The van der Waals surface area contributed by atoms with Gasteiger partial charge in [0, 0.05) is 34.6 Å². The van der Waals surface area contributed by atoms with E-state index in [0.29, 0.717) is 6.54 Å². The highest BCUT2D eigenvalue weighted by Gasteiger charge is 2.21. The SMILES string of the molecule is Cc1cc(S(=O)(=O)NCC2CSCCS2)cc(CO)c1F. The zero-order chi connectivity index (χ0) is 15.5. The third kappa shape index (κ3) is 4.35. The minimum atomic E-state index is -3.68. The third-order valence-corrected chi connectivity index (χ3v) is 7.42. The number of nitrogens with one attached hydrogen (secondary N) is 1. The number of halogens is 1. The lowest BCUT2D eigenvalue weighted by atomic mass is 10.1. The van der Waals surface area contributed by atoms with Crippen molar-refractivity contribution in [3.8, 4) is 0 Å². The van der Waals surface area contributed by atoms with Crippen LogP contribution in [0.2, 0.25) is 0 Å². The summed E-state index contributed by atoms with van der Waals surface area (Å²) in [6, 6.07) is 2.48. The first-order valence-corrected chi connectivity index (χ1v) is 10.2. The van der Waals surface area contributed by atoms with Gasteiger partial charge in [-0.1, -0.05) is 0 Å². The summed E-state index contributed by atoms with van der Waals surface area (Å²) >= 11 is 3.59. The van der Waals surface area contributed by atoms with Gasteiger partial charge in [0.05, 0.1) is 11.5 Å². The lowest BCUT2D eigenvalue weighted by Gasteiger charge is -2.21. The molecule has 1 aliphatic rings. The van der Waals surface area contributed by atoms with E-state index in [-0.39, 0.29) is 21.3 Å². The Hall–Kier alpha value is -0.280. The van der Waals surface area contributed by atoms with Gasteiger partial charge in [0.15, 0.2) is 0 Å². The fraction of sp³-hybridized carbons (Fsp3) is 0.538. The second-order valence-corrected chi connectivity index (χ2v) is 9.12. The summed E-state index contributed by atoms with van der Waals surface area (Å²) in [6.45, 7) is 1.33. The highest BCUT2D eigenvalue weighted by Crippen LogP contribution is 2.24. The van der Waals surface area contributed by atoms with Crippen LogP contribution in [0.4, 0.5) is 4.39 Å². The largest absolute Gasteiger partial charge is 0.392 e. The molecule has 1 saturated heterocycles. The molecule has 1 atom stereocenters. The quantitative estimate of drug-likeness (QED) is 0.846. The molecule has 0 saturated carbocycles. The highest BCUT2D eigenvalue weighted by molar-refractivity contribution is 8.06. The van der Waals surface area contributed by atoms with Crippen LogP contribution in [0.15, 0.2) is 17.0 Å². The number of sulfonamides is 1. The zero-order valence-corrected chi connectivity index (χ0v) is 14.1. The monoisotopic (exact) mass is 351 g/mol. The molecule has 0 spiro atoms. The second kappa shape index (κ2) is 7.32. The molecule has 1 aromatic carbocycles. The Morgan fingerprint density at radius 2 is 2.19 bits per heavy atom.